The fourth-order valence-corrected chi connectivity index (χ4v) is 2.88. The van der Waals surface area contributed by atoms with Crippen molar-refractivity contribution in [2.24, 2.45) is 0 Å². The molecule has 0 radical (unpaired) electrons. The van der Waals surface area contributed by atoms with Gasteiger partial charge in [-0.05, 0) is 47.9 Å². The van der Waals surface area contributed by atoms with Crippen LogP contribution in [0.15, 0.2) is 72.8 Å². The van der Waals surface area contributed by atoms with Gasteiger partial charge in [0.1, 0.15) is 12.4 Å². The Bertz CT molecular complexity index is 847. The molecule has 28 heavy (non-hydrogen) atoms. The molecule has 146 valence electrons. The van der Waals surface area contributed by atoms with Crippen molar-refractivity contribution in [2.45, 2.75) is 26.6 Å². The lowest BCUT2D eigenvalue weighted by molar-refractivity contribution is 0.269. The number of rotatable bonds is 10. The fraction of sp³-hybridized carbons (Fsp3) is 0.250. The van der Waals surface area contributed by atoms with Crippen LogP contribution in [0.2, 0.25) is 0 Å². The van der Waals surface area contributed by atoms with Crippen molar-refractivity contribution in [3.63, 3.8) is 0 Å². The van der Waals surface area contributed by atoms with Crippen molar-refractivity contribution in [1.82, 2.24) is 5.32 Å². The Hall–Kier alpha value is -2.98. The fourth-order valence-electron chi connectivity index (χ4n) is 2.88. The zero-order chi connectivity index (χ0) is 19.6. The minimum atomic E-state index is 0.524. The smallest absolute Gasteiger partial charge is 0.161 e. The topological polar surface area (TPSA) is 39.7 Å². The second kappa shape index (κ2) is 10.4. The summed E-state index contributed by atoms with van der Waals surface area (Å²) in [6, 6.07) is 24.3. The second-order valence-electron chi connectivity index (χ2n) is 6.44. The highest BCUT2D eigenvalue weighted by Crippen LogP contribution is 2.29. The van der Waals surface area contributed by atoms with E-state index in [0.29, 0.717) is 13.2 Å². The molecule has 3 aromatic rings. The molecule has 4 heteroatoms. The molecule has 4 nitrogen and oxygen atoms in total. The van der Waals surface area contributed by atoms with Crippen molar-refractivity contribution in [3.8, 4) is 17.2 Å². The first kappa shape index (κ1) is 19.8. The monoisotopic (exact) mass is 377 g/mol. The van der Waals surface area contributed by atoms with Crippen molar-refractivity contribution < 1.29 is 14.2 Å². The first-order valence-corrected chi connectivity index (χ1v) is 9.54. The third-order valence-corrected chi connectivity index (χ3v) is 4.36. The zero-order valence-corrected chi connectivity index (χ0v) is 16.5. The van der Waals surface area contributed by atoms with Crippen molar-refractivity contribution in [2.75, 3.05) is 13.7 Å². The average Bonchev–Trinajstić information content (AvgIpc) is 2.75. The van der Waals surface area contributed by atoms with Gasteiger partial charge in [0.15, 0.2) is 11.5 Å². The van der Waals surface area contributed by atoms with Gasteiger partial charge in [-0.2, -0.15) is 0 Å². The minimum absolute atomic E-state index is 0.524. The molecule has 0 atom stereocenters. The molecular weight excluding hydrogens is 350 g/mol. The molecule has 0 fully saturated rings. The highest BCUT2D eigenvalue weighted by Gasteiger charge is 2.07. The summed E-state index contributed by atoms with van der Waals surface area (Å²) < 4.78 is 17.0. The summed E-state index contributed by atoms with van der Waals surface area (Å²) in [6.45, 7) is 4.65. The van der Waals surface area contributed by atoms with Gasteiger partial charge in [0.2, 0.25) is 0 Å². The van der Waals surface area contributed by atoms with Gasteiger partial charge in [-0.1, -0.05) is 48.5 Å². The predicted molar refractivity (Wildman–Crippen MR) is 112 cm³/mol. The average molecular weight is 377 g/mol. The van der Waals surface area contributed by atoms with Gasteiger partial charge in [-0.3, -0.25) is 0 Å². The Morgan fingerprint density at radius 2 is 1.43 bits per heavy atom. The maximum absolute atomic E-state index is 5.97. The van der Waals surface area contributed by atoms with Crippen LogP contribution in [0.5, 0.6) is 17.2 Å². The first-order valence-electron chi connectivity index (χ1n) is 9.54. The Morgan fingerprint density at radius 1 is 0.714 bits per heavy atom. The molecule has 0 amide bonds. The molecule has 3 rings (SSSR count). The highest BCUT2D eigenvalue weighted by molar-refractivity contribution is 5.43. The van der Waals surface area contributed by atoms with E-state index in [4.69, 9.17) is 14.2 Å². The number of methoxy groups -OCH3 is 1. The van der Waals surface area contributed by atoms with Crippen LogP contribution < -0.4 is 19.5 Å². The first-order chi connectivity index (χ1) is 13.8. The quantitative estimate of drug-likeness (QED) is 0.542. The molecule has 0 unspecified atom stereocenters. The number of hydrogen-bond donors (Lipinski definition) is 1. The molecule has 3 aromatic carbocycles. The third kappa shape index (κ3) is 5.76. The van der Waals surface area contributed by atoms with E-state index in [-0.39, 0.29) is 0 Å². The number of ether oxygens (including phenoxy) is 3. The lowest BCUT2D eigenvalue weighted by Crippen LogP contribution is -2.12. The van der Waals surface area contributed by atoms with Gasteiger partial charge in [0.05, 0.1) is 13.7 Å². The van der Waals surface area contributed by atoms with Crippen molar-refractivity contribution >= 4 is 0 Å². The third-order valence-electron chi connectivity index (χ3n) is 4.36. The summed E-state index contributed by atoms with van der Waals surface area (Å²) in [5.74, 6) is 2.42. The van der Waals surface area contributed by atoms with Gasteiger partial charge in [0, 0.05) is 13.1 Å². The van der Waals surface area contributed by atoms with Gasteiger partial charge in [-0.25, -0.2) is 0 Å². The summed E-state index contributed by atoms with van der Waals surface area (Å²) in [5.41, 5.74) is 3.51. The highest BCUT2D eigenvalue weighted by atomic mass is 16.5. The van der Waals surface area contributed by atoms with Crippen LogP contribution in [-0.2, 0) is 19.7 Å². The van der Waals surface area contributed by atoms with E-state index in [1.165, 1.54) is 5.56 Å². The van der Waals surface area contributed by atoms with Gasteiger partial charge < -0.3 is 19.5 Å². The SMILES string of the molecule is CCOc1cc(CNCc2ccc(OC)cc2)ccc1OCc1ccccc1. The second-order valence-corrected chi connectivity index (χ2v) is 6.44. The van der Waals surface area contributed by atoms with Crippen LogP contribution in [0.25, 0.3) is 0 Å². The molecule has 0 aliphatic carbocycles. The molecule has 0 aliphatic rings. The predicted octanol–water partition coefficient (Wildman–Crippen LogP) is 4.96. The standard InChI is InChI=1S/C24H27NO3/c1-3-27-24-15-21(17-25-16-19-9-12-22(26-2)13-10-19)11-14-23(24)28-18-20-7-5-4-6-8-20/h4-15,25H,3,16-18H2,1-2H3. The van der Waals surface area contributed by atoms with Crippen LogP contribution in [0.4, 0.5) is 0 Å². The molecule has 0 saturated heterocycles. The van der Waals surface area contributed by atoms with Crippen molar-refractivity contribution in [3.05, 3.63) is 89.5 Å². The summed E-state index contributed by atoms with van der Waals surface area (Å²) in [6.07, 6.45) is 0. The Balaban J connectivity index is 1.57. The molecule has 0 saturated carbocycles. The van der Waals surface area contributed by atoms with E-state index in [1.54, 1.807) is 7.11 Å². The summed E-state index contributed by atoms with van der Waals surface area (Å²) in [4.78, 5) is 0. The zero-order valence-electron chi connectivity index (χ0n) is 16.5. The van der Waals surface area contributed by atoms with Gasteiger partial charge in [0.25, 0.3) is 0 Å². The lowest BCUT2D eigenvalue weighted by atomic mass is 10.1. The normalized spacial score (nSPS) is 10.5. The maximum Gasteiger partial charge on any atom is 0.161 e. The summed E-state index contributed by atoms with van der Waals surface area (Å²) in [7, 11) is 1.68. The number of nitrogens with one attached hydrogen (secondary N) is 1. The van der Waals surface area contributed by atoms with Crippen LogP contribution in [0.1, 0.15) is 23.6 Å². The minimum Gasteiger partial charge on any atom is -0.497 e. The van der Waals surface area contributed by atoms with E-state index < -0.39 is 0 Å². The lowest BCUT2D eigenvalue weighted by Gasteiger charge is -2.14. The van der Waals surface area contributed by atoms with E-state index in [9.17, 15) is 0 Å². The molecule has 0 heterocycles. The Kier molecular flexibility index (Phi) is 7.33. The van der Waals surface area contributed by atoms with Crippen molar-refractivity contribution in [1.29, 1.82) is 0 Å². The van der Waals surface area contributed by atoms with E-state index in [2.05, 4.69) is 35.6 Å². The van der Waals surface area contributed by atoms with Crippen LogP contribution in [0, 0.1) is 0 Å². The largest absolute Gasteiger partial charge is 0.497 e. The van der Waals surface area contributed by atoms with E-state index in [1.807, 2.05) is 49.4 Å². The maximum atomic E-state index is 5.97. The van der Waals surface area contributed by atoms with Crippen LogP contribution in [-0.4, -0.2) is 13.7 Å². The molecule has 0 aromatic heterocycles. The summed E-state index contributed by atoms with van der Waals surface area (Å²) >= 11 is 0. The van der Waals surface area contributed by atoms with Gasteiger partial charge >= 0.3 is 0 Å². The Labute approximate surface area is 167 Å². The van der Waals surface area contributed by atoms with Gasteiger partial charge in [-0.15, -0.1) is 0 Å². The van der Waals surface area contributed by atoms with E-state index >= 15 is 0 Å². The molecular formula is C24H27NO3. The Morgan fingerprint density at radius 3 is 2.14 bits per heavy atom. The molecule has 0 bridgehead atoms. The van der Waals surface area contributed by atoms with Crippen LogP contribution in [0.3, 0.4) is 0 Å². The van der Waals surface area contributed by atoms with E-state index in [0.717, 1.165) is 41.5 Å². The molecule has 1 N–H and O–H groups in total. The molecule has 0 spiro atoms. The number of benzene rings is 3. The molecule has 0 aliphatic heterocycles. The summed E-state index contributed by atoms with van der Waals surface area (Å²) in [5, 5.41) is 3.46. The van der Waals surface area contributed by atoms with Crippen LogP contribution >= 0.6 is 0 Å². The number of hydrogen-bond acceptors (Lipinski definition) is 4.